The number of hydrogen-bond acceptors (Lipinski definition) is 3. The highest BCUT2D eigenvalue weighted by Gasteiger charge is 2.32. The zero-order valence-corrected chi connectivity index (χ0v) is 22.6. The van der Waals surface area contributed by atoms with Gasteiger partial charge < -0.3 is 10.2 Å². The van der Waals surface area contributed by atoms with Crippen LogP contribution in [0.5, 0.6) is 0 Å². The van der Waals surface area contributed by atoms with E-state index in [1.807, 2.05) is 30.3 Å². The van der Waals surface area contributed by atoms with E-state index in [1.54, 1.807) is 24.3 Å². The zero-order chi connectivity index (χ0) is 26.9. The normalized spacial score (nSPS) is 14.3. The van der Waals surface area contributed by atoms with Crippen LogP contribution in [0.3, 0.4) is 0 Å². The number of nitrogens with zero attached hydrogens (tertiary/aromatic N) is 1. The molecule has 1 aliphatic rings. The van der Waals surface area contributed by atoms with Crippen LogP contribution in [0.4, 0.5) is 8.78 Å². The van der Waals surface area contributed by atoms with Crippen LogP contribution in [0.2, 0.25) is 5.02 Å². The van der Waals surface area contributed by atoms with E-state index in [9.17, 15) is 18.4 Å². The highest BCUT2D eigenvalue weighted by atomic mass is 35.5. The molecule has 0 bridgehead atoms. The first-order valence-electron chi connectivity index (χ1n) is 12.8. The fraction of sp³-hybridized carbons (Fsp3) is 0.333. The van der Waals surface area contributed by atoms with Crippen molar-refractivity contribution < 1.29 is 18.4 Å². The van der Waals surface area contributed by atoms with Crippen LogP contribution in [-0.2, 0) is 28.3 Å². The van der Waals surface area contributed by atoms with Crippen molar-refractivity contribution in [2.75, 3.05) is 5.75 Å². The number of rotatable bonds is 11. The maximum atomic E-state index is 14.7. The summed E-state index contributed by atoms with van der Waals surface area (Å²) in [6.07, 6.45) is 4.22. The first-order valence-corrected chi connectivity index (χ1v) is 14.3. The average molecular weight is 557 g/mol. The van der Waals surface area contributed by atoms with Crippen molar-refractivity contribution in [1.82, 2.24) is 10.2 Å². The van der Waals surface area contributed by atoms with E-state index in [-0.39, 0.29) is 35.9 Å². The fourth-order valence-electron chi connectivity index (χ4n) is 4.73. The molecule has 1 aliphatic carbocycles. The molecule has 4 nitrogen and oxygen atoms in total. The van der Waals surface area contributed by atoms with Gasteiger partial charge >= 0.3 is 0 Å². The monoisotopic (exact) mass is 556 g/mol. The second-order valence-corrected chi connectivity index (χ2v) is 10.9. The Kier molecular flexibility index (Phi) is 10.2. The van der Waals surface area contributed by atoms with Crippen LogP contribution in [0.15, 0.2) is 72.8 Å². The number of benzene rings is 3. The summed E-state index contributed by atoms with van der Waals surface area (Å²) in [5.41, 5.74) is 1.55. The van der Waals surface area contributed by atoms with Gasteiger partial charge in [0.1, 0.15) is 17.7 Å². The fourth-order valence-corrected chi connectivity index (χ4v) is 5.97. The molecule has 0 radical (unpaired) electrons. The van der Waals surface area contributed by atoms with E-state index < -0.39 is 17.7 Å². The van der Waals surface area contributed by atoms with Gasteiger partial charge in [-0.25, -0.2) is 8.78 Å². The lowest BCUT2D eigenvalue weighted by Gasteiger charge is -2.32. The maximum Gasteiger partial charge on any atom is 0.243 e. The summed E-state index contributed by atoms with van der Waals surface area (Å²) < 4.78 is 28.9. The highest BCUT2D eigenvalue weighted by molar-refractivity contribution is 7.99. The summed E-state index contributed by atoms with van der Waals surface area (Å²) in [6, 6.07) is 19.5. The number of nitrogens with one attached hydrogen (secondary N) is 1. The molecule has 1 saturated carbocycles. The molecule has 1 atom stereocenters. The minimum atomic E-state index is -0.831. The van der Waals surface area contributed by atoms with Gasteiger partial charge in [0.15, 0.2) is 0 Å². The predicted molar refractivity (Wildman–Crippen MR) is 149 cm³/mol. The molecule has 0 heterocycles. The number of carbonyl (C=O) groups excluding carboxylic acids is 2. The van der Waals surface area contributed by atoms with Crippen molar-refractivity contribution in [3.63, 3.8) is 0 Å². The first-order chi connectivity index (χ1) is 18.4. The van der Waals surface area contributed by atoms with Crippen molar-refractivity contribution in [3.8, 4) is 0 Å². The van der Waals surface area contributed by atoms with Crippen LogP contribution >= 0.6 is 23.4 Å². The van der Waals surface area contributed by atoms with Gasteiger partial charge in [0.2, 0.25) is 11.8 Å². The number of hydrogen-bond donors (Lipinski definition) is 1. The molecule has 0 spiro atoms. The van der Waals surface area contributed by atoms with E-state index >= 15 is 0 Å². The van der Waals surface area contributed by atoms with Crippen LogP contribution in [0, 0.1) is 11.6 Å². The molecular formula is C30H31ClF2N2O2S. The van der Waals surface area contributed by atoms with Crippen molar-refractivity contribution >= 4 is 35.2 Å². The number of carbonyl (C=O) groups is 2. The van der Waals surface area contributed by atoms with Crippen LogP contribution in [0.25, 0.3) is 0 Å². The molecule has 200 valence electrons. The van der Waals surface area contributed by atoms with Crippen molar-refractivity contribution in [1.29, 1.82) is 0 Å². The molecule has 38 heavy (non-hydrogen) atoms. The standard InChI is InChI=1S/C30H31ClF2N2O2S/c31-25-14-8-16-27(33)24(25)19-38-20-29(36)35(18-22-11-4-7-15-26(22)32)28(17-21-9-2-1-3-10-21)30(37)34-23-12-5-6-13-23/h1-4,7-11,14-16,23,28H,5-6,12-13,17-20H2,(H,34,37). The van der Waals surface area contributed by atoms with E-state index in [0.717, 1.165) is 31.2 Å². The molecule has 0 saturated heterocycles. The molecule has 1 N–H and O–H groups in total. The predicted octanol–water partition coefficient (Wildman–Crippen LogP) is 6.55. The van der Waals surface area contributed by atoms with E-state index in [0.29, 0.717) is 22.6 Å². The lowest BCUT2D eigenvalue weighted by Crippen LogP contribution is -2.52. The molecule has 4 rings (SSSR count). The summed E-state index contributed by atoms with van der Waals surface area (Å²) in [5.74, 6) is -1.26. The topological polar surface area (TPSA) is 49.4 Å². The summed E-state index contributed by atoms with van der Waals surface area (Å²) >= 11 is 7.37. The molecule has 1 fully saturated rings. The molecule has 2 amide bonds. The van der Waals surface area contributed by atoms with Gasteiger partial charge in [-0.3, -0.25) is 9.59 Å². The summed E-state index contributed by atoms with van der Waals surface area (Å²) in [4.78, 5) is 28.8. The van der Waals surface area contributed by atoms with E-state index in [1.165, 1.54) is 34.9 Å². The van der Waals surface area contributed by atoms with Gasteiger partial charge in [-0.2, -0.15) is 0 Å². The summed E-state index contributed by atoms with van der Waals surface area (Å²) in [5, 5.41) is 3.43. The van der Waals surface area contributed by atoms with Crippen LogP contribution in [0.1, 0.15) is 42.4 Å². The molecule has 3 aromatic rings. The molecule has 0 aromatic heterocycles. The third-order valence-corrected chi connectivity index (χ3v) is 8.10. The number of halogens is 3. The third-order valence-electron chi connectivity index (χ3n) is 6.80. The largest absolute Gasteiger partial charge is 0.352 e. The van der Waals surface area contributed by atoms with Crippen LogP contribution in [-0.4, -0.2) is 34.6 Å². The van der Waals surface area contributed by atoms with E-state index in [4.69, 9.17) is 11.6 Å². The van der Waals surface area contributed by atoms with Crippen molar-refractivity contribution in [3.05, 3.63) is 106 Å². The highest BCUT2D eigenvalue weighted by Crippen LogP contribution is 2.25. The third kappa shape index (κ3) is 7.58. The number of thioether (sulfide) groups is 1. The van der Waals surface area contributed by atoms with Gasteiger partial charge in [0, 0.05) is 40.9 Å². The Balaban J connectivity index is 1.59. The Hall–Kier alpha value is -2.90. The van der Waals surface area contributed by atoms with Gasteiger partial charge in [0.05, 0.1) is 5.75 Å². The molecule has 8 heteroatoms. The quantitative estimate of drug-likeness (QED) is 0.291. The summed E-state index contributed by atoms with van der Waals surface area (Å²) in [7, 11) is 0. The van der Waals surface area contributed by atoms with E-state index in [2.05, 4.69) is 5.32 Å². The zero-order valence-electron chi connectivity index (χ0n) is 21.0. The van der Waals surface area contributed by atoms with Crippen molar-refractivity contribution in [2.45, 2.75) is 56.5 Å². The second kappa shape index (κ2) is 13.8. The Morgan fingerprint density at radius 1 is 0.947 bits per heavy atom. The van der Waals surface area contributed by atoms with Gasteiger partial charge in [-0.1, -0.05) is 79.0 Å². The van der Waals surface area contributed by atoms with Crippen molar-refractivity contribution in [2.24, 2.45) is 0 Å². The molecule has 3 aromatic carbocycles. The Bertz CT molecular complexity index is 1220. The second-order valence-electron chi connectivity index (χ2n) is 9.50. The Morgan fingerprint density at radius 3 is 2.34 bits per heavy atom. The summed E-state index contributed by atoms with van der Waals surface area (Å²) in [6.45, 7) is -0.0535. The van der Waals surface area contributed by atoms with Crippen LogP contribution < -0.4 is 5.32 Å². The minimum Gasteiger partial charge on any atom is -0.352 e. The lowest BCUT2D eigenvalue weighted by atomic mass is 10.0. The SMILES string of the molecule is O=C(NC1CCCC1)C(Cc1ccccc1)N(Cc1ccccc1F)C(=O)CSCc1c(F)cccc1Cl. The molecular weight excluding hydrogens is 526 g/mol. The maximum absolute atomic E-state index is 14.7. The number of amides is 2. The van der Waals surface area contributed by atoms with Gasteiger partial charge in [0.25, 0.3) is 0 Å². The lowest BCUT2D eigenvalue weighted by molar-refractivity contribution is -0.139. The molecule has 1 unspecified atom stereocenters. The molecule has 0 aliphatic heterocycles. The first kappa shape index (κ1) is 28.1. The minimum absolute atomic E-state index is 0.0128. The Morgan fingerprint density at radius 2 is 1.63 bits per heavy atom. The average Bonchev–Trinajstić information content (AvgIpc) is 3.42. The van der Waals surface area contributed by atoms with Gasteiger partial charge in [-0.15, -0.1) is 11.8 Å². The van der Waals surface area contributed by atoms with Gasteiger partial charge in [-0.05, 0) is 36.6 Å². The smallest absolute Gasteiger partial charge is 0.243 e. The Labute approximate surface area is 231 Å².